The Kier molecular flexibility index (Phi) is 11.0. The second kappa shape index (κ2) is 10.1. The molecule has 0 spiro atoms. The quantitative estimate of drug-likeness (QED) is 0.207. The topological polar surface area (TPSA) is 104 Å². The Morgan fingerprint density at radius 2 is 1.83 bits per heavy atom. The molecule has 0 saturated carbocycles. The van der Waals surface area contributed by atoms with E-state index in [1.54, 1.807) is 0 Å². The van der Waals surface area contributed by atoms with E-state index in [4.69, 9.17) is 10.1 Å². The van der Waals surface area contributed by atoms with Crippen molar-refractivity contribution in [3.63, 3.8) is 0 Å². The lowest BCUT2D eigenvalue weighted by Gasteiger charge is -2.01. The van der Waals surface area contributed by atoms with Gasteiger partial charge in [0.2, 0.25) is 0 Å². The highest BCUT2D eigenvalue weighted by molar-refractivity contribution is 6.41. The van der Waals surface area contributed by atoms with Gasteiger partial charge in [-0.2, -0.15) is 0 Å². The Balaban J connectivity index is 2.86. The van der Waals surface area contributed by atoms with E-state index >= 15 is 0 Å². The molecule has 0 atom stereocenters. The summed E-state index contributed by atoms with van der Waals surface area (Å²) in [5.41, 5.74) is 0. The van der Waals surface area contributed by atoms with Crippen LogP contribution < -0.4 is 0 Å². The van der Waals surface area contributed by atoms with Gasteiger partial charge in [-0.15, -0.1) is 0 Å². The Hall–Kier alpha value is 1.01. The normalized spacial score (nSPS) is 8.75. The molecule has 0 amide bonds. The molecule has 8 nitrogen and oxygen atoms in total. The molecular weight excluding hydrogens is 237 g/mol. The monoisotopic (exact) mass is 239 g/mol. The maximum Gasteiger partial charge on any atom is 0.795 e. The molecule has 0 unspecified atom stereocenters. The highest BCUT2D eigenvalue weighted by atomic mass is 28.3. The molecule has 12 heteroatoms. The van der Waals surface area contributed by atoms with Crippen LogP contribution in [0.2, 0.25) is 0 Å². The zero-order chi connectivity index (χ0) is 9.23. The summed E-state index contributed by atoms with van der Waals surface area (Å²) in [4.78, 5) is 8.08. The molecule has 0 saturated heterocycles. The fraction of sp³-hybridized carbons (Fsp3) is 0. The van der Waals surface area contributed by atoms with E-state index in [2.05, 4.69) is 18.1 Å². The molecule has 3 radical (unpaired) electrons. The van der Waals surface area contributed by atoms with Crippen molar-refractivity contribution < 1.29 is 32.7 Å². The Morgan fingerprint density at radius 1 is 1.17 bits per heavy atom. The lowest BCUT2D eigenvalue weighted by Crippen LogP contribution is -2.16. The molecule has 0 rings (SSSR count). The second-order valence-corrected chi connectivity index (χ2v) is 4.97. The van der Waals surface area contributed by atoms with E-state index in [0.717, 1.165) is 0 Å². The van der Waals surface area contributed by atoms with Crippen LogP contribution in [0.15, 0.2) is 0 Å². The maximum atomic E-state index is 9.86. The van der Waals surface area contributed by atoms with E-state index in [1.807, 2.05) is 0 Å². The predicted octanol–water partition coefficient (Wildman–Crippen LogP) is -2.53. The highest BCUT2D eigenvalue weighted by Gasteiger charge is 2.09. The molecule has 0 fully saturated rings. The van der Waals surface area contributed by atoms with Gasteiger partial charge in [-0.3, -0.25) is 9.72 Å². The summed E-state index contributed by atoms with van der Waals surface area (Å²) in [5, 5.41) is 7.79. The van der Waals surface area contributed by atoms with Crippen LogP contribution >= 0.6 is 0 Å². The van der Waals surface area contributed by atoms with Gasteiger partial charge in [-0.05, 0) is 0 Å². The van der Waals surface area contributed by atoms with Gasteiger partial charge in [0, 0.05) is 0 Å². The smallest absolute Gasteiger partial charge is 0.602 e. The highest BCUT2D eigenvalue weighted by Crippen LogP contribution is 1.75. The second-order valence-electron chi connectivity index (χ2n) is 1.11. The minimum atomic E-state index is -3.05. The van der Waals surface area contributed by atoms with E-state index in [-0.39, 0.29) is 0 Å². The first-order valence-corrected chi connectivity index (χ1v) is 6.49. The summed E-state index contributed by atoms with van der Waals surface area (Å²) < 4.78 is 30.8. The third kappa shape index (κ3) is 11.0. The SMILES string of the molecule is O=[Si](O)O[O][Al][O][Al][O][Al][O]O. The van der Waals surface area contributed by atoms with Crippen LogP contribution in [0.5, 0.6) is 0 Å². The Labute approximate surface area is 89.2 Å². The van der Waals surface area contributed by atoms with Crippen molar-refractivity contribution in [2.24, 2.45) is 0 Å². The van der Waals surface area contributed by atoms with Crippen LogP contribution in [0.3, 0.4) is 0 Å². The average Bonchev–Trinajstić information content (AvgIpc) is 2.02. The molecule has 0 bridgehead atoms. The molecule has 0 aliphatic carbocycles. The van der Waals surface area contributed by atoms with E-state index in [0.29, 0.717) is 0 Å². The number of hydrogen-bond acceptors (Lipinski definition) is 7. The van der Waals surface area contributed by atoms with E-state index < -0.39 is 56.8 Å². The number of rotatable bonds is 8. The predicted molar refractivity (Wildman–Crippen MR) is 34.0 cm³/mol. The molecule has 0 aromatic rings. The lowest BCUT2D eigenvalue weighted by molar-refractivity contribution is -0.148. The van der Waals surface area contributed by atoms with Gasteiger partial charge in [-0.25, -0.2) is 0 Å². The van der Waals surface area contributed by atoms with E-state index in [9.17, 15) is 4.46 Å². The molecule has 2 N–H and O–H groups in total. The third-order valence-electron chi connectivity index (χ3n) is 0.424. The zero-order valence-corrected chi connectivity index (χ0v) is 10.0. The van der Waals surface area contributed by atoms with Gasteiger partial charge >= 0.3 is 56.8 Å². The molecule has 12 heavy (non-hydrogen) atoms. The van der Waals surface area contributed by atoms with Crippen molar-refractivity contribution in [2.75, 3.05) is 0 Å². The first-order valence-electron chi connectivity index (χ1n) is 2.40. The third-order valence-corrected chi connectivity index (χ3v) is 2.89. The van der Waals surface area contributed by atoms with Gasteiger partial charge in [-0.1, -0.05) is 0 Å². The summed E-state index contributed by atoms with van der Waals surface area (Å²) in [5.74, 6) is 0. The Bertz CT molecular complexity index is 117. The van der Waals surface area contributed by atoms with Gasteiger partial charge in [0.25, 0.3) is 0 Å². The number of hydrogen-bond donors (Lipinski definition) is 2. The summed E-state index contributed by atoms with van der Waals surface area (Å²) >= 11 is -2.69. The first kappa shape index (κ1) is 13.0. The minimum Gasteiger partial charge on any atom is -0.602 e. The van der Waals surface area contributed by atoms with Gasteiger partial charge in [0.1, 0.15) is 0 Å². The standard InChI is InChI=1S/3Al.H2O4Si.H2O2.2O/c;;;1-4-5(2)3;1-2;;/h;;;1-2H;1-2H;;/q;2*+1;;;;/p-2. The zero-order valence-electron chi connectivity index (χ0n) is 5.58. The van der Waals surface area contributed by atoms with Crippen LogP contribution in [0.25, 0.3) is 0 Å². The van der Waals surface area contributed by atoms with Crippen molar-refractivity contribution in [1.29, 1.82) is 0 Å². The van der Waals surface area contributed by atoms with Crippen LogP contribution in [0.1, 0.15) is 0 Å². The molecule has 0 heterocycles. The molecule has 63 valence electrons. The molecule has 0 aromatic heterocycles. The lowest BCUT2D eigenvalue weighted by atomic mass is 14.9. The summed E-state index contributed by atoms with van der Waals surface area (Å²) in [6.07, 6.45) is 0. The van der Waals surface area contributed by atoms with Gasteiger partial charge in [0.05, 0.1) is 0 Å². The fourth-order valence-corrected chi connectivity index (χ4v) is 2.25. The van der Waals surface area contributed by atoms with Crippen molar-refractivity contribution in [2.45, 2.75) is 0 Å². The molecular formula is H2Al3O8Si. The van der Waals surface area contributed by atoms with Gasteiger partial charge < -0.3 is 22.9 Å². The van der Waals surface area contributed by atoms with Crippen molar-refractivity contribution in [1.82, 2.24) is 0 Å². The van der Waals surface area contributed by atoms with Gasteiger partial charge in [0.15, 0.2) is 0 Å². The minimum absolute atomic E-state index is 0.789. The van der Waals surface area contributed by atoms with E-state index in [1.165, 1.54) is 0 Å². The van der Waals surface area contributed by atoms with Crippen molar-refractivity contribution in [3.8, 4) is 0 Å². The largest absolute Gasteiger partial charge is 0.795 e. The first-order chi connectivity index (χ1) is 5.77. The van der Waals surface area contributed by atoms with Crippen LogP contribution in [-0.2, 0) is 22.6 Å². The van der Waals surface area contributed by atoms with Crippen LogP contribution in [0, 0.1) is 0 Å². The van der Waals surface area contributed by atoms with Crippen LogP contribution in [-0.4, -0.2) is 66.9 Å². The maximum absolute atomic E-state index is 9.86. The molecule has 0 aromatic carbocycles. The van der Waals surface area contributed by atoms with Crippen molar-refractivity contribution in [3.05, 3.63) is 0 Å². The summed E-state index contributed by atoms with van der Waals surface area (Å²) in [6, 6.07) is 0. The summed E-state index contributed by atoms with van der Waals surface area (Å²) in [6.45, 7) is 0. The molecule has 0 aliphatic rings. The fourth-order valence-electron chi connectivity index (χ4n) is 0.186. The Morgan fingerprint density at radius 3 is 2.42 bits per heavy atom. The van der Waals surface area contributed by atoms with Crippen molar-refractivity contribution >= 4 is 56.8 Å². The average molecular weight is 239 g/mol. The molecule has 0 aliphatic heterocycles. The van der Waals surface area contributed by atoms with Crippen LogP contribution in [0.4, 0.5) is 0 Å². The summed E-state index contributed by atoms with van der Waals surface area (Å²) in [7, 11) is -3.05.